The van der Waals surface area contributed by atoms with E-state index < -0.39 is 6.04 Å². The maximum absolute atomic E-state index is 13.6. The second-order valence-electron chi connectivity index (χ2n) is 10.1. The minimum atomic E-state index is -0.393. The molecule has 0 radical (unpaired) electrons. The largest absolute Gasteiger partial charge is 0.497 e. The zero-order chi connectivity index (χ0) is 27.5. The average Bonchev–Trinajstić information content (AvgIpc) is 3.45. The van der Waals surface area contributed by atoms with Gasteiger partial charge in [-0.15, -0.1) is 5.10 Å². The van der Waals surface area contributed by atoms with Gasteiger partial charge in [0.15, 0.2) is 5.82 Å². The first kappa shape index (κ1) is 25.8. The first-order valence-corrected chi connectivity index (χ1v) is 13.7. The molecule has 3 aromatic carbocycles. The van der Waals surface area contributed by atoms with E-state index in [1.54, 1.807) is 7.11 Å². The summed E-state index contributed by atoms with van der Waals surface area (Å²) >= 11 is 0. The van der Waals surface area contributed by atoms with E-state index in [9.17, 15) is 4.79 Å². The van der Waals surface area contributed by atoms with Crippen molar-refractivity contribution in [2.75, 3.05) is 38.2 Å². The second kappa shape index (κ2) is 11.3. The third kappa shape index (κ3) is 5.20. The number of aryl methyl sites for hydroxylation is 1. The molecule has 204 valence electrons. The van der Waals surface area contributed by atoms with Crippen LogP contribution in [0.1, 0.15) is 35.5 Å². The highest BCUT2D eigenvalue weighted by Gasteiger charge is 2.33. The van der Waals surface area contributed by atoms with Gasteiger partial charge in [0.2, 0.25) is 0 Å². The van der Waals surface area contributed by atoms with Crippen molar-refractivity contribution in [2.45, 2.75) is 25.9 Å². The molecule has 0 bridgehead atoms. The standard InChI is InChI=1S/C31H33N7O2/c1-3-22-9-14-28-24(19-22)20-27(31(39)32-28)29(30-33-34-35-38(30)21-23-7-5-4-6-8-23)37-17-15-36(16-18-37)25-10-12-26(40-2)13-11-25/h4-14,19-20,29H,3,15-18,21H2,1-2H3,(H,32,39). The maximum Gasteiger partial charge on any atom is 0.253 e. The number of nitrogens with zero attached hydrogens (tertiary/aromatic N) is 6. The van der Waals surface area contributed by atoms with Crippen LogP contribution in [0.2, 0.25) is 0 Å². The number of rotatable bonds is 8. The van der Waals surface area contributed by atoms with Crippen LogP contribution in [0.3, 0.4) is 0 Å². The van der Waals surface area contributed by atoms with Crippen molar-refractivity contribution in [3.05, 3.63) is 112 Å². The molecule has 9 heteroatoms. The molecule has 1 unspecified atom stereocenters. The van der Waals surface area contributed by atoms with Gasteiger partial charge in [-0.1, -0.05) is 43.3 Å². The minimum absolute atomic E-state index is 0.117. The van der Waals surface area contributed by atoms with Gasteiger partial charge in [0, 0.05) is 42.9 Å². The number of aromatic nitrogens is 5. The van der Waals surface area contributed by atoms with Crippen LogP contribution in [-0.2, 0) is 13.0 Å². The Bertz CT molecular complexity index is 1640. The van der Waals surface area contributed by atoms with Crippen molar-refractivity contribution in [3.8, 4) is 5.75 Å². The smallest absolute Gasteiger partial charge is 0.253 e. The summed E-state index contributed by atoms with van der Waals surface area (Å²) in [5.74, 6) is 1.51. The van der Waals surface area contributed by atoms with Gasteiger partial charge in [0.05, 0.1) is 13.7 Å². The summed E-state index contributed by atoms with van der Waals surface area (Å²) in [5.41, 5.74) is 4.85. The summed E-state index contributed by atoms with van der Waals surface area (Å²) in [4.78, 5) is 21.4. The third-order valence-electron chi connectivity index (χ3n) is 7.74. The Hall–Kier alpha value is -4.50. The predicted molar refractivity (Wildman–Crippen MR) is 156 cm³/mol. The van der Waals surface area contributed by atoms with Crippen molar-refractivity contribution >= 4 is 16.6 Å². The molecule has 1 saturated heterocycles. The van der Waals surface area contributed by atoms with E-state index in [0.29, 0.717) is 17.9 Å². The molecular formula is C31H33N7O2. The molecule has 40 heavy (non-hydrogen) atoms. The van der Waals surface area contributed by atoms with Crippen LogP contribution in [-0.4, -0.2) is 63.4 Å². The monoisotopic (exact) mass is 535 g/mol. The van der Waals surface area contributed by atoms with Crippen LogP contribution < -0.4 is 15.2 Å². The van der Waals surface area contributed by atoms with Crippen molar-refractivity contribution in [3.63, 3.8) is 0 Å². The van der Waals surface area contributed by atoms with E-state index in [-0.39, 0.29) is 5.56 Å². The lowest BCUT2D eigenvalue weighted by atomic mass is 10.0. The van der Waals surface area contributed by atoms with E-state index in [1.165, 1.54) is 5.56 Å². The number of hydrogen-bond donors (Lipinski definition) is 1. The van der Waals surface area contributed by atoms with Crippen LogP contribution in [0.5, 0.6) is 5.75 Å². The topological polar surface area (TPSA) is 92.2 Å². The predicted octanol–water partition coefficient (Wildman–Crippen LogP) is 4.05. The fourth-order valence-electron chi connectivity index (χ4n) is 5.50. The van der Waals surface area contributed by atoms with Gasteiger partial charge >= 0.3 is 0 Å². The Kier molecular flexibility index (Phi) is 7.29. The molecule has 1 fully saturated rings. The highest BCUT2D eigenvalue weighted by atomic mass is 16.5. The van der Waals surface area contributed by atoms with Gasteiger partial charge in [-0.3, -0.25) is 9.69 Å². The Morgan fingerprint density at radius 2 is 1.70 bits per heavy atom. The molecule has 6 rings (SSSR count). The molecule has 1 atom stereocenters. The summed E-state index contributed by atoms with van der Waals surface area (Å²) in [6, 6.07) is 26.1. The van der Waals surface area contributed by atoms with E-state index in [4.69, 9.17) is 4.74 Å². The number of H-pyrrole nitrogens is 1. The summed E-state index contributed by atoms with van der Waals surface area (Å²) in [6.07, 6.45) is 0.927. The van der Waals surface area contributed by atoms with Crippen molar-refractivity contribution in [1.29, 1.82) is 0 Å². The summed E-state index contributed by atoms with van der Waals surface area (Å²) < 4.78 is 7.15. The maximum atomic E-state index is 13.6. The Morgan fingerprint density at radius 3 is 2.42 bits per heavy atom. The number of tetrazole rings is 1. The van der Waals surface area contributed by atoms with Crippen LogP contribution in [0.25, 0.3) is 10.9 Å². The molecule has 3 heterocycles. The fourth-order valence-corrected chi connectivity index (χ4v) is 5.50. The van der Waals surface area contributed by atoms with Gasteiger partial charge in [0.1, 0.15) is 11.8 Å². The lowest BCUT2D eigenvalue weighted by Crippen LogP contribution is -2.49. The number of piperazine rings is 1. The van der Waals surface area contributed by atoms with Gasteiger partial charge < -0.3 is 14.6 Å². The first-order chi connectivity index (χ1) is 19.6. The van der Waals surface area contributed by atoms with Gasteiger partial charge in [-0.25, -0.2) is 4.68 Å². The number of anilines is 1. The molecule has 0 spiro atoms. The lowest BCUT2D eigenvalue weighted by molar-refractivity contribution is 0.200. The van der Waals surface area contributed by atoms with Gasteiger partial charge in [-0.2, -0.15) is 0 Å². The van der Waals surface area contributed by atoms with E-state index >= 15 is 0 Å². The molecule has 5 aromatic rings. The molecule has 0 saturated carbocycles. The molecule has 0 amide bonds. The highest BCUT2D eigenvalue weighted by molar-refractivity contribution is 5.80. The Labute approximate surface area is 233 Å². The summed E-state index contributed by atoms with van der Waals surface area (Å²) in [6.45, 7) is 5.79. The van der Waals surface area contributed by atoms with Crippen LogP contribution in [0.4, 0.5) is 5.69 Å². The number of fused-ring (bicyclic) bond motifs is 1. The van der Waals surface area contributed by atoms with Crippen LogP contribution in [0.15, 0.2) is 83.7 Å². The number of ether oxygens (including phenoxy) is 1. The number of nitrogens with one attached hydrogen (secondary N) is 1. The van der Waals surface area contributed by atoms with Gasteiger partial charge in [0.25, 0.3) is 5.56 Å². The molecule has 1 N–H and O–H groups in total. The first-order valence-electron chi connectivity index (χ1n) is 13.7. The minimum Gasteiger partial charge on any atom is -0.497 e. The Morgan fingerprint density at radius 1 is 0.925 bits per heavy atom. The summed E-state index contributed by atoms with van der Waals surface area (Å²) in [5, 5.41) is 13.9. The van der Waals surface area contributed by atoms with Gasteiger partial charge in [-0.05, 0) is 75.8 Å². The number of benzene rings is 3. The lowest BCUT2D eigenvalue weighted by Gasteiger charge is -2.39. The highest BCUT2D eigenvalue weighted by Crippen LogP contribution is 2.30. The number of hydrogen-bond acceptors (Lipinski definition) is 7. The van der Waals surface area contributed by atoms with E-state index in [0.717, 1.165) is 60.5 Å². The summed E-state index contributed by atoms with van der Waals surface area (Å²) in [7, 11) is 1.68. The molecule has 1 aliphatic rings. The van der Waals surface area contributed by atoms with Crippen LogP contribution in [0, 0.1) is 0 Å². The van der Waals surface area contributed by atoms with E-state index in [2.05, 4.69) is 73.6 Å². The quantitative estimate of drug-likeness (QED) is 0.321. The molecule has 2 aromatic heterocycles. The molecule has 1 aliphatic heterocycles. The van der Waals surface area contributed by atoms with Crippen molar-refractivity contribution in [1.82, 2.24) is 30.1 Å². The zero-order valence-corrected chi connectivity index (χ0v) is 22.8. The molecule has 9 nitrogen and oxygen atoms in total. The normalized spacial score (nSPS) is 14.9. The molecule has 0 aliphatic carbocycles. The van der Waals surface area contributed by atoms with Crippen molar-refractivity contribution in [2.24, 2.45) is 0 Å². The van der Waals surface area contributed by atoms with Crippen molar-refractivity contribution < 1.29 is 4.74 Å². The Balaban J connectivity index is 1.37. The van der Waals surface area contributed by atoms with Crippen LogP contribution >= 0.6 is 0 Å². The average molecular weight is 536 g/mol. The second-order valence-corrected chi connectivity index (χ2v) is 10.1. The zero-order valence-electron chi connectivity index (χ0n) is 22.8. The fraction of sp³-hybridized carbons (Fsp3) is 0.290. The van der Waals surface area contributed by atoms with E-state index in [1.807, 2.05) is 47.1 Å². The number of methoxy groups -OCH3 is 1. The SMILES string of the molecule is CCc1ccc2[nH]c(=O)c(C(c3nnnn3Cc3ccccc3)N3CCN(c4ccc(OC)cc4)CC3)cc2c1. The third-order valence-corrected chi connectivity index (χ3v) is 7.74. The number of aromatic amines is 1. The molecular weight excluding hydrogens is 502 g/mol. The number of pyridine rings is 1.